The molecule has 0 unspecified atom stereocenters. The number of fused-ring (bicyclic) bond motifs is 1. The number of rotatable bonds is 6. The van der Waals surface area contributed by atoms with Gasteiger partial charge in [-0.25, -0.2) is 4.98 Å². The van der Waals surface area contributed by atoms with Gasteiger partial charge in [0.1, 0.15) is 11.3 Å². The zero-order valence-electron chi connectivity index (χ0n) is 15.4. The zero-order valence-corrected chi connectivity index (χ0v) is 16.1. The van der Waals surface area contributed by atoms with Crippen LogP contribution in [0.3, 0.4) is 0 Å². The first kappa shape index (κ1) is 19.4. The second kappa shape index (κ2) is 8.22. The van der Waals surface area contributed by atoms with Crippen LogP contribution in [0.15, 0.2) is 71.1 Å². The number of ether oxygens (including phenoxy) is 1. The molecule has 8 nitrogen and oxygen atoms in total. The standard InChI is InChI=1S/C21H14ClN3O5/c22-13-4-3-5-15(10-13)29-12-20(26)23-17-7-2-1-6-16(17)21-24-18-11-14(25(27)28)8-9-19(18)30-21/h1-11H,12H2,(H,23,26). The lowest BCUT2D eigenvalue weighted by Gasteiger charge is -2.10. The molecule has 0 aliphatic rings. The van der Waals surface area contributed by atoms with Crippen molar-refractivity contribution in [3.63, 3.8) is 0 Å². The molecule has 4 aromatic rings. The van der Waals surface area contributed by atoms with Gasteiger partial charge >= 0.3 is 0 Å². The zero-order chi connectivity index (χ0) is 21.1. The van der Waals surface area contributed by atoms with Gasteiger partial charge in [0.25, 0.3) is 11.6 Å². The van der Waals surface area contributed by atoms with Gasteiger partial charge < -0.3 is 14.5 Å². The van der Waals surface area contributed by atoms with Gasteiger partial charge in [-0.3, -0.25) is 14.9 Å². The Morgan fingerprint density at radius 3 is 2.77 bits per heavy atom. The number of nitrogens with zero attached hydrogens (tertiary/aromatic N) is 2. The van der Waals surface area contributed by atoms with Crippen LogP contribution in [0.1, 0.15) is 0 Å². The molecule has 4 rings (SSSR count). The summed E-state index contributed by atoms with van der Waals surface area (Å²) < 4.78 is 11.2. The Hall–Kier alpha value is -3.91. The van der Waals surface area contributed by atoms with Gasteiger partial charge in [0.15, 0.2) is 12.2 Å². The first-order valence-corrected chi connectivity index (χ1v) is 9.20. The molecule has 150 valence electrons. The molecule has 0 spiro atoms. The van der Waals surface area contributed by atoms with Crippen molar-refractivity contribution in [2.24, 2.45) is 0 Å². The van der Waals surface area contributed by atoms with Crippen LogP contribution < -0.4 is 10.1 Å². The minimum atomic E-state index is -0.498. The summed E-state index contributed by atoms with van der Waals surface area (Å²) in [6.45, 7) is -0.214. The highest BCUT2D eigenvalue weighted by molar-refractivity contribution is 6.30. The molecule has 0 aliphatic carbocycles. The minimum Gasteiger partial charge on any atom is -0.484 e. The van der Waals surface area contributed by atoms with Gasteiger partial charge in [-0.05, 0) is 36.4 Å². The number of oxazole rings is 1. The number of halogens is 1. The molecule has 3 aromatic carbocycles. The van der Waals surface area contributed by atoms with E-state index in [1.54, 1.807) is 48.5 Å². The Balaban J connectivity index is 1.54. The first-order valence-electron chi connectivity index (χ1n) is 8.82. The van der Waals surface area contributed by atoms with E-state index in [1.807, 2.05) is 0 Å². The molecule has 9 heteroatoms. The number of hydrogen-bond acceptors (Lipinski definition) is 6. The fraction of sp³-hybridized carbons (Fsp3) is 0.0476. The van der Waals surface area contributed by atoms with Crippen LogP contribution in [-0.2, 0) is 4.79 Å². The number of hydrogen-bond donors (Lipinski definition) is 1. The second-order valence-electron chi connectivity index (χ2n) is 6.27. The van der Waals surface area contributed by atoms with Gasteiger partial charge in [-0.2, -0.15) is 0 Å². The maximum absolute atomic E-state index is 12.4. The topological polar surface area (TPSA) is 108 Å². The number of amides is 1. The highest BCUT2D eigenvalue weighted by Crippen LogP contribution is 2.31. The number of aromatic nitrogens is 1. The SMILES string of the molecule is O=C(COc1cccc(Cl)c1)Nc1ccccc1-c1nc2cc([N+](=O)[O-])ccc2o1. The minimum absolute atomic E-state index is 0.0814. The third kappa shape index (κ3) is 4.23. The summed E-state index contributed by atoms with van der Waals surface area (Å²) >= 11 is 5.90. The quantitative estimate of drug-likeness (QED) is 0.342. The van der Waals surface area contributed by atoms with Crippen molar-refractivity contribution in [1.82, 2.24) is 4.98 Å². The maximum Gasteiger partial charge on any atom is 0.271 e. The lowest BCUT2D eigenvalue weighted by molar-refractivity contribution is -0.384. The Morgan fingerprint density at radius 2 is 1.97 bits per heavy atom. The van der Waals surface area contributed by atoms with E-state index in [2.05, 4.69) is 10.3 Å². The van der Waals surface area contributed by atoms with Crippen LogP contribution in [0.25, 0.3) is 22.6 Å². The summed E-state index contributed by atoms with van der Waals surface area (Å²) in [4.78, 5) is 27.1. The molecule has 30 heavy (non-hydrogen) atoms. The van der Waals surface area contributed by atoms with Crippen LogP contribution in [0.2, 0.25) is 5.02 Å². The number of carbonyl (C=O) groups excluding carboxylic acids is 1. The number of non-ortho nitro benzene ring substituents is 1. The third-order valence-corrected chi connectivity index (χ3v) is 4.41. The van der Waals surface area contributed by atoms with E-state index in [0.29, 0.717) is 33.1 Å². The summed E-state index contributed by atoms with van der Waals surface area (Å²) in [5.41, 5.74) is 1.68. The normalized spacial score (nSPS) is 10.7. The molecule has 0 atom stereocenters. The molecule has 1 heterocycles. The van der Waals surface area contributed by atoms with Crippen LogP contribution in [-0.4, -0.2) is 22.4 Å². The molecule has 0 fully saturated rings. The largest absolute Gasteiger partial charge is 0.484 e. The fourth-order valence-electron chi connectivity index (χ4n) is 2.82. The smallest absolute Gasteiger partial charge is 0.271 e. The van der Waals surface area contributed by atoms with E-state index in [9.17, 15) is 14.9 Å². The maximum atomic E-state index is 12.4. The summed E-state index contributed by atoms with van der Waals surface area (Å²) in [7, 11) is 0. The number of nitro benzene ring substituents is 1. The molecule has 0 radical (unpaired) electrons. The van der Waals surface area contributed by atoms with E-state index < -0.39 is 4.92 Å². The Bertz CT molecular complexity index is 1250. The lowest BCUT2D eigenvalue weighted by atomic mass is 10.1. The van der Waals surface area contributed by atoms with Crippen LogP contribution in [0.4, 0.5) is 11.4 Å². The highest BCUT2D eigenvalue weighted by atomic mass is 35.5. The molecule has 1 N–H and O–H groups in total. The van der Waals surface area contributed by atoms with Crippen molar-refractivity contribution in [3.05, 3.63) is 81.9 Å². The van der Waals surface area contributed by atoms with Crippen molar-refractivity contribution in [3.8, 4) is 17.2 Å². The van der Waals surface area contributed by atoms with Crippen molar-refractivity contribution in [1.29, 1.82) is 0 Å². The number of benzene rings is 3. The average molecular weight is 424 g/mol. The average Bonchev–Trinajstić information content (AvgIpc) is 3.16. The third-order valence-electron chi connectivity index (χ3n) is 4.18. The van der Waals surface area contributed by atoms with Crippen LogP contribution >= 0.6 is 11.6 Å². The molecular formula is C21H14ClN3O5. The van der Waals surface area contributed by atoms with Crippen LogP contribution in [0.5, 0.6) is 5.75 Å². The number of nitro groups is 1. The second-order valence-corrected chi connectivity index (χ2v) is 6.70. The summed E-state index contributed by atoms with van der Waals surface area (Å²) in [6, 6.07) is 17.9. The summed E-state index contributed by atoms with van der Waals surface area (Å²) in [5, 5.41) is 14.2. The van der Waals surface area contributed by atoms with E-state index in [0.717, 1.165) is 0 Å². The van der Waals surface area contributed by atoms with Gasteiger partial charge in [0, 0.05) is 17.2 Å². The van der Waals surface area contributed by atoms with Gasteiger partial charge in [0.05, 0.1) is 16.2 Å². The van der Waals surface area contributed by atoms with E-state index >= 15 is 0 Å². The van der Waals surface area contributed by atoms with E-state index in [1.165, 1.54) is 18.2 Å². The van der Waals surface area contributed by atoms with E-state index in [-0.39, 0.29) is 24.1 Å². The molecule has 0 saturated carbocycles. The molecule has 0 aliphatic heterocycles. The number of anilines is 1. The van der Waals surface area contributed by atoms with Gasteiger partial charge in [-0.15, -0.1) is 0 Å². The van der Waals surface area contributed by atoms with E-state index in [4.69, 9.17) is 20.8 Å². The van der Waals surface area contributed by atoms with Gasteiger partial charge in [-0.1, -0.05) is 29.8 Å². The Kier molecular flexibility index (Phi) is 5.32. The Labute approximate surface area is 175 Å². The molecular weight excluding hydrogens is 410 g/mol. The first-order chi connectivity index (χ1) is 14.5. The number of carbonyl (C=O) groups is 1. The number of nitrogens with one attached hydrogen (secondary N) is 1. The van der Waals surface area contributed by atoms with Crippen molar-refractivity contribution >= 4 is 40.0 Å². The molecule has 0 bridgehead atoms. The lowest BCUT2D eigenvalue weighted by Crippen LogP contribution is -2.20. The highest BCUT2D eigenvalue weighted by Gasteiger charge is 2.16. The monoisotopic (exact) mass is 423 g/mol. The molecule has 0 saturated heterocycles. The Morgan fingerprint density at radius 1 is 1.13 bits per heavy atom. The molecule has 1 amide bonds. The van der Waals surface area contributed by atoms with Crippen molar-refractivity contribution in [2.75, 3.05) is 11.9 Å². The van der Waals surface area contributed by atoms with Crippen molar-refractivity contribution in [2.45, 2.75) is 0 Å². The number of para-hydroxylation sites is 1. The molecule has 1 aromatic heterocycles. The summed E-state index contributed by atoms with van der Waals surface area (Å²) in [5.74, 6) is 0.331. The fourth-order valence-corrected chi connectivity index (χ4v) is 3.00. The summed E-state index contributed by atoms with van der Waals surface area (Å²) in [6.07, 6.45) is 0. The van der Waals surface area contributed by atoms with Gasteiger partial charge in [0.2, 0.25) is 5.89 Å². The predicted molar refractivity (Wildman–Crippen MR) is 112 cm³/mol. The predicted octanol–water partition coefficient (Wildman–Crippen LogP) is 5.07. The van der Waals surface area contributed by atoms with Crippen LogP contribution in [0, 0.1) is 10.1 Å². The van der Waals surface area contributed by atoms with Crippen molar-refractivity contribution < 1.29 is 18.9 Å².